The van der Waals surface area contributed by atoms with Crippen molar-refractivity contribution in [3.05, 3.63) is 29.8 Å². The van der Waals surface area contributed by atoms with Crippen molar-refractivity contribution in [3.63, 3.8) is 0 Å². The quantitative estimate of drug-likeness (QED) is 0.802. The van der Waals surface area contributed by atoms with Gasteiger partial charge in [-0.05, 0) is 32.4 Å². The van der Waals surface area contributed by atoms with Gasteiger partial charge in [-0.1, -0.05) is 18.2 Å². The van der Waals surface area contributed by atoms with E-state index in [1.807, 2.05) is 32.9 Å². The molecule has 1 amide bonds. The molecule has 0 fully saturated rings. The molecule has 1 aromatic carbocycles. The highest BCUT2D eigenvalue weighted by Gasteiger charge is 2.23. The van der Waals surface area contributed by atoms with Crippen LogP contribution in [0.15, 0.2) is 24.3 Å². The van der Waals surface area contributed by atoms with Gasteiger partial charge in [0.05, 0.1) is 11.9 Å². The minimum atomic E-state index is -3.50. The van der Waals surface area contributed by atoms with Crippen molar-refractivity contribution in [1.82, 2.24) is 4.90 Å². The fourth-order valence-corrected chi connectivity index (χ4v) is 2.93. The molecule has 6 heteroatoms. The first kappa shape index (κ1) is 16.5. The number of amides is 1. The third-order valence-electron chi connectivity index (χ3n) is 3.18. The summed E-state index contributed by atoms with van der Waals surface area (Å²) in [6.07, 6.45) is 1.12. The molecule has 0 N–H and O–H groups in total. The topological polar surface area (TPSA) is 57.7 Å². The summed E-state index contributed by atoms with van der Waals surface area (Å²) in [5, 5.41) is 0. The molecule has 0 aliphatic carbocycles. The van der Waals surface area contributed by atoms with Gasteiger partial charge >= 0.3 is 0 Å². The van der Waals surface area contributed by atoms with Crippen molar-refractivity contribution in [2.45, 2.75) is 20.8 Å². The number of benzene rings is 1. The molecule has 0 aliphatic rings. The molecule has 0 spiro atoms. The summed E-state index contributed by atoms with van der Waals surface area (Å²) in [5.41, 5.74) is 1.38. The first-order chi connectivity index (χ1) is 9.31. The van der Waals surface area contributed by atoms with Gasteiger partial charge in [0.2, 0.25) is 15.9 Å². The van der Waals surface area contributed by atoms with Crippen molar-refractivity contribution in [2.24, 2.45) is 0 Å². The van der Waals surface area contributed by atoms with E-state index in [0.29, 0.717) is 18.8 Å². The van der Waals surface area contributed by atoms with Crippen LogP contribution in [-0.2, 0) is 14.8 Å². The largest absolute Gasteiger partial charge is 0.342 e. The molecule has 112 valence electrons. The van der Waals surface area contributed by atoms with Crippen LogP contribution in [0.5, 0.6) is 0 Å². The number of hydrogen-bond donors (Lipinski definition) is 0. The first-order valence-corrected chi connectivity index (χ1v) is 8.47. The van der Waals surface area contributed by atoms with Crippen LogP contribution in [0.4, 0.5) is 5.69 Å². The zero-order chi connectivity index (χ0) is 15.3. The van der Waals surface area contributed by atoms with Crippen LogP contribution in [0, 0.1) is 6.92 Å². The normalized spacial score (nSPS) is 11.2. The number of carbonyl (C=O) groups is 1. The van der Waals surface area contributed by atoms with Gasteiger partial charge in [-0.25, -0.2) is 8.42 Å². The van der Waals surface area contributed by atoms with Gasteiger partial charge < -0.3 is 4.90 Å². The summed E-state index contributed by atoms with van der Waals surface area (Å²) in [5.74, 6) is -0.191. The lowest BCUT2D eigenvalue weighted by Gasteiger charge is -2.27. The molecule has 0 aromatic heterocycles. The van der Waals surface area contributed by atoms with Crippen LogP contribution in [0.1, 0.15) is 19.4 Å². The highest BCUT2D eigenvalue weighted by molar-refractivity contribution is 7.92. The minimum Gasteiger partial charge on any atom is -0.342 e. The van der Waals surface area contributed by atoms with Crippen molar-refractivity contribution >= 4 is 21.6 Å². The average molecular weight is 298 g/mol. The SMILES string of the molecule is CCN(CC)C(=O)CN(c1ccccc1C)S(C)(=O)=O. The number of aryl methyl sites for hydroxylation is 1. The van der Waals surface area contributed by atoms with Gasteiger partial charge in [-0.2, -0.15) is 0 Å². The summed E-state index contributed by atoms with van der Waals surface area (Å²) in [6.45, 7) is 6.56. The van der Waals surface area contributed by atoms with Crippen LogP contribution >= 0.6 is 0 Å². The van der Waals surface area contributed by atoms with Crippen molar-refractivity contribution in [2.75, 3.05) is 30.2 Å². The maximum absolute atomic E-state index is 12.2. The van der Waals surface area contributed by atoms with Gasteiger partial charge in [-0.15, -0.1) is 0 Å². The van der Waals surface area contributed by atoms with Crippen molar-refractivity contribution in [3.8, 4) is 0 Å². The predicted molar refractivity (Wildman–Crippen MR) is 81.3 cm³/mol. The Hall–Kier alpha value is -1.56. The molecule has 20 heavy (non-hydrogen) atoms. The summed E-state index contributed by atoms with van der Waals surface area (Å²) < 4.78 is 25.1. The second-order valence-corrected chi connectivity index (χ2v) is 6.53. The zero-order valence-corrected chi connectivity index (χ0v) is 13.3. The Bertz CT molecular complexity index is 566. The molecule has 0 saturated heterocycles. The van der Waals surface area contributed by atoms with Gasteiger partial charge in [0.1, 0.15) is 6.54 Å². The van der Waals surface area contributed by atoms with Crippen molar-refractivity contribution in [1.29, 1.82) is 0 Å². The maximum Gasteiger partial charge on any atom is 0.243 e. The third-order valence-corrected chi connectivity index (χ3v) is 4.31. The molecule has 1 aromatic rings. The highest BCUT2D eigenvalue weighted by Crippen LogP contribution is 2.21. The number of para-hydroxylation sites is 1. The highest BCUT2D eigenvalue weighted by atomic mass is 32.2. The molecular weight excluding hydrogens is 276 g/mol. The molecule has 0 aliphatic heterocycles. The van der Waals surface area contributed by atoms with Crippen LogP contribution in [0.2, 0.25) is 0 Å². The standard InChI is InChI=1S/C14H22N2O3S/c1-5-15(6-2)14(17)11-16(20(4,18)19)13-10-8-7-9-12(13)3/h7-10H,5-6,11H2,1-4H3. The van der Waals surface area contributed by atoms with Gasteiger partial charge in [0.15, 0.2) is 0 Å². The van der Waals surface area contributed by atoms with E-state index in [9.17, 15) is 13.2 Å². The average Bonchev–Trinajstić information content (AvgIpc) is 2.37. The molecule has 1 rings (SSSR count). The lowest BCUT2D eigenvalue weighted by Crippen LogP contribution is -2.42. The molecular formula is C14H22N2O3S. The Labute approximate surface area is 121 Å². The summed E-state index contributed by atoms with van der Waals surface area (Å²) in [7, 11) is -3.50. The van der Waals surface area contributed by atoms with E-state index < -0.39 is 10.0 Å². The number of likely N-dealkylation sites (N-methyl/N-ethyl adjacent to an activating group) is 1. The van der Waals surface area contributed by atoms with Crippen molar-refractivity contribution < 1.29 is 13.2 Å². The van der Waals surface area contributed by atoms with Gasteiger partial charge in [-0.3, -0.25) is 9.10 Å². The number of sulfonamides is 1. The van der Waals surface area contributed by atoms with Gasteiger partial charge in [0, 0.05) is 13.1 Å². The number of hydrogen-bond acceptors (Lipinski definition) is 3. The predicted octanol–water partition coefficient (Wildman–Crippen LogP) is 1.63. The number of rotatable bonds is 6. The lowest BCUT2D eigenvalue weighted by atomic mass is 10.2. The molecule has 0 unspecified atom stereocenters. The molecule has 0 atom stereocenters. The van der Waals surface area contributed by atoms with E-state index in [1.165, 1.54) is 4.31 Å². The Balaban J connectivity index is 3.11. The van der Waals surface area contributed by atoms with E-state index in [2.05, 4.69) is 0 Å². The zero-order valence-electron chi connectivity index (χ0n) is 12.5. The summed E-state index contributed by atoms with van der Waals surface area (Å²) in [6, 6.07) is 7.15. The monoisotopic (exact) mass is 298 g/mol. The van der Waals surface area contributed by atoms with Crippen LogP contribution in [-0.4, -0.2) is 45.1 Å². The Kier molecular flexibility index (Phi) is 5.56. The summed E-state index contributed by atoms with van der Waals surface area (Å²) >= 11 is 0. The summed E-state index contributed by atoms with van der Waals surface area (Å²) in [4.78, 5) is 13.8. The molecule has 5 nitrogen and oxygen atoms in total. The molecule has 0 bridgehead atoms. The first-order valence-electron chi connectivity index (χ1n) is 6.62. The Morgan fingerprint density at radius 1 is 1.15 bits per heavy atom. The lowest BCUT2D eigenvalue weighted by molar-refractivity contribution is -0.129. The molecule has 0 radical (unpaired) electrons. The Morgan fingerprint density at radius 3 is 2.15 bits per heavy atom. The third kappa shape index (κ3) is 3.96. The van der Waals surface area contributed by atoms with Crippen LogP contribution < -0.4 is 4.31 Å². The molecule has 0 saturated carbocycles. The fourth-order valence-electron chi connectivity index (χ4n) is 2.02. The van der Waals surface area contributed by atoms with Gasteiger partial charge in [0.25, 0.3) is 0 Å². The molecule has 0 heterocycles. The van der Waals surface area contributed by atoms with E-state index in [-0.39, 0.29) is 12.5 Å². The van der Waals surface area contributed by atoms with E-state index in [4.69, 9.17) is 0 Å². The second-order valence-electron chi connectivity index (χ2n) is 4.62. The minimum absolute atomic E-state index is 0.161. The number of carbonyl (C=O) groups excluding carboxylic acids is 1. The van der Waals surface area contributed by atoms with Crippen LogP contribution in [0.3, 0.4) is 0 Å². The fraction of sp³-hybridized carbons (Fsp3) is 0.500. The van der Waals surface area contributed by atoms with E-state index >= 15 is 0 Å². The number of nitrogens with zero attached hydrogens (tertiary/aromatic N) is 2. The number of anilines is 1. The second kappa shape index (κ2) is 6.74. The smallest absolute Gasteiger partial charge is 0.243 e. The maximum atomic E-state index is 12.2. The Morgan fingerprint density at radius 2 is 1.70 bits per heavy atom. The van der Waals surface area contributed by atoms with Crippen LogP contribution in [0.25, 0.3) is 0 Å². The van der Waals surface area contributed by atoms with E-state index in [0.717, 1.165) is 11.8 Å². The van der Waals surface area contributed by atoms with E-state index in [1.54, 1.807) is 17.0 Å².